The number of Topliss-reactive ketones (excluding diaryl/α,β-unsaturated/α-hetero) is 1. The van der Waals surface area contributed by atoms with E-state index in [1.165, 1.54) is 22.3 Å². The molecule has 42 heavy (non-hydrogen) atoms. The average Bonchev–Trinajstić information content (AvgIpc) is 3.02. The third-order valence-corrected chi connectivity index (χ3v) is 8.30. The van der Waals surface area contributed by atoms with Gasteiger partial charge in [-0.1, -0.05) is 70.2 Å². The summed E-state index contributed by atoms with van der Waals surface area (Å²) in [7, 11) is 4.03. The van der Waals surface area contributed by atoms with Crippen LogP contribution in [0.4, 0.5) is 0 Å². The van der Waals surface area contributed by atoms with Crippen molar-refractivity contribution in [2.24, 2.45) is 4.99 Å². The summed E-state index contributed by atoms with van der Waals surface area (Å²) in [6, 6.07) is 21.3. The maximum Gasteiger partial charge on any atom is 0.163 e. The predicted molar refractivity (Wildman–Crippen MR) is 181 cm³/mol. The Kier molecular flexibility index (Phi) is 13.5. The lowest BCUT2D eigenvalue weighted by Crippen LogP contribution is -2.35. The van der Waals surface area contributed by atoms with E-state index in [-0.39, 0.29) is 7.21 Å². The SMILES string of the molecule is CC.CCc1cc(OC2CCN(C)CC2)ccc1CCCC(=O)c1cc(C(Cc2ccccc2)=NC)c(CC)cc1C.[HH]. The molecule has 0 bridgehead atoms. The van der Waals surface area contributed by atoms with E-state index in [4.69, 9.17) is 4.74 Å². The number of ketones is 1. The molecule has 3 aromatic rings. The van der Waals surface area contributed by atoms with Crippen molar-refractivity contribution < 1.29 is 11.0 Å². The smallest absolute Gasteiger partial charge is 0.163 e. The van der Waals surface area contributed by atoms with E-state index in [1.807, 2.05) is 27.0 Å². The number of aliphatic imine (C=N–C) groups is 1. The molecule has 4 nitrogen and oxygen atoms in total. The second-order valence-electron chi connectivity index (χ2n) is 11.2. The Morgan fingerprint density at radius 1 is 0.929 bits per heavy atom. The number of likely N-dealkylation sites (tertiary alicyclic amines) is 1. The van der Waals surface area contributed by atoms with Crippen molar-refractivity contribution >= 4 is 11.5 Å². The first-order valence-electron chi connectivity index (χ1n) is 16.0. The fourth-order valence-electron chi connectivity index (χ4n) is 5.83. The van der Waals surface area contributed by atoms with Gasteiger partial charge in [0.1, 0.15) is 11.9 Å². The Labute approximate surface area is 256 Å². The molecule has 0 unspecified atom stereocenters. The van der Waals surface area contributed by atoms with Gasteiger partial charge in [0, 0.05) is 45.7 Å². The highest BCUT2D eigenvalue weighted by Crippen LogP contribution is 2.25. The Bertz CT molecular complexity index is 1310. The normalized spacial score (nSPS) is 14.3. The van der Waals surface area contributed by atoms with E-state index >= 15 is 0 Å². The number of nitrogens with zero attached hydrogens (tertiary/aromatic N) is 2. The monoisotopic (exact) mass is 570 g/mol. The van der Waals surface area contributed by atoms with Crippen LogP contribution in [-0.4, -0.2) is 49.7 Å². The topological polar surface area (TPSA) is 41.9 Å². The number of hydrogen-bond donors (Lipinski definition) is 0. The molecule has 0 amide bonds. The minimum atomic E-state index is 0. The van der Waals surface area contributed by atoms with Crippen LogP contribution in [0, 0.1) is 6.92 Å². The van der Waals surface area contributed by atoms with Gasteiger partial charge in [-0.05, 0) is 104 Å². The van der Waals surface area contributed by atoms with Crippen LogP contribution in [0.5, 0.6) is 5.75 Å². The quantitative estimate of drug-likeness (QED) is 0.161. The highest BCUT2D eigenvalue weighted by Gasteiger charge is 2.19. The van der Waals surface area contributed by atoms with Crippen molar-refractivity contribution in [1.29, 1.82) is 0 Å². The third kappa shape index (κ3) is 9.13. The Hall–Kier alpha value is -3.24. The molecule has 0 aliphatic carbocycles. The molecule has 0 aromatic heterocycles. The summed E-state index contributed by atoms with van der Waals surface area (Å²) < 4.78 is 6.32. The lowest BCUT2D eigenvalue weighted by atomic mass is 9.89. The number of benzene rings is 3. The molecular weight excluding hydrogens is 516 g/mol. The van der Waals surface area contributed by atoms with Gasteiger partial charge in [-0.25, -0.2) is 0 Å². The van der Waals surface area contributed by atoms with Crippen LogP contribution in [-0.2, 0) is 25.7 Å². The van der Waals surface area contributed by atoms with Gasteiger partial charge in [-0.15, -0.1) is 0 Å². The summed E-state index contributed by atoms with van der Waals surface area (Å²) >= 11 is 0. The number of rotatable bonds is 12. The lowest BCUT2D eigenvalue weighted by Gasteiger charge is -2.29. The Morgan fingerprint density at radius 2 is 1.62 bits per heavy atom. The van der Waals surface area contributed by atoms with Crippen LogP contribution in [0.2, 0.25) is 0 Å². The van der Waals surface area contributed by atoms with Gasteiger partial charge in [0.2, 0.25) is 0 Å². The third-order valence-electron chi connectivity index (χ3n) is 8.30. The van der Waals surface area contributed by atoms with Crippen molar-refractivity contribution in [3.8, 4) is 5.75 Å². The molecule has 4 rings (SSSR count). The maximum absolute atomic E-state index is 13.5. The summed E-state index contributed by atoms with van der Waals surface area (Å²) in [5.74, 6) is 1.20. The number of carbonyl (C=O) groups is 1. The summed E-state index contributed by atoms with van der Waals surface area (Å²) in [5, 5.41) is 0. The summed E-state index contributed by atoms with van der Waals surface area (Å²) in [5.41, 5.74) is 9.17. The van der Waals surface area contributed by atoms with Crippen molar-refractivity contribution in [2.45, 2.75) is 92.1 Å². The van der Waals surface area contributed by atoms with Gasteiger partial charge in [0.15, 0.2) is 5.78 Å². The molecular formula is C38H54N2O2. The van der Waals surface area contributed by atoms with E-state index in [2.05, 4.69) is 92.3 Å². The van der Waals surface area contributed by atoms with Gasteiger partial charge in [-0.2, -0.15) is 0 Å². The summed E-state index contributed by atoms with van der Waals surface area (Å²) in [6.07, 6.45) is 7.40. The molecule has 4 heteroatoms. The number of piperidine rings is 1. The molecule has 3 aromatic carbocycles. The molecule has 0 radical (unpaired) electrons. The van der Waals surface area contributed by atoms with Crippen LogP contribution < -0.4 is 4.74 Å². The summed E-state index contributed by atoms with van der Waals surface area (Å²) in [6.45, 7) is 12.6. The zero-order valence-electron chi connectivity index (χ0n) is 27.1. The van der Waals surface area contributed by atoms with Crippen molar-refractivity contribution in [3.05, 3.63) is 99.6 Å². The Morgan fingerprint density at radius 3 is 2.26 bits per heavy atom. The Balaban J connectivity index is 0.00000211. The first-order chi connectivity index (χ1) is 20.4. The van der Waals surface area contributed by atoms with E-state index in [9.17, 15) is 4.79 Å². The zero-order chi connectivity index (χ0) is 30.5. The maximum atomic E-state index is 13.5. The van der Waals surface area contributed by atoms with Crippen molar-refractivity contribution in [1.82, 2.24) is 4.90 Å². The van der Waals surface area contributed by atoms with Crippen molar-refractivity contribution in [3.63, 3.8) is 0 Å². The highest BCUT2D eigenvalue weighted by molar-refractivity contribution is 6.06. The minimum absolute atomic E-state index is 0. The molecule has 0 atom stereocenters. The zero-order valence-corrected chi connectivity index (χ0v) is 27.1. The van der Waals surface area contributed by atoms with Crippen molar-refractivity contribution in [2.75, 3.05) is 27.2 Å². The molecule has 1 aliphatic heterocycles. The molecule has 0 saturated carbocycles. The standard InChI is InChI=1S/C36H46N2O2.C2H6.H2/c1-6-28-24-32(40-31-18-20-38(5)21-19-31)17-16-30(28)14-11-15-36(39)33-25-34(29(7-2)22-26(33)3)35(37-4)23-27-12-9-8-10-13-27;1-2;/h8-10,12-13,16-17,22,24-25,31H,6-7,11,14-15,18-21,23H2,1-5H3;1-2H3;1H. The molecule has 0 spiro atoms. The lowest BCUT2D eigenvalue weighted by molar-refractivity contribution is 0.0979. The molecule has 1 saturated heterocycles. The van der Waals surface area contributed by atoms with Crippen LogP contribution in [0.25, 0.3) is 0 Å². The first-order valence-corrected chi connectivity index (χ1v) is 16.0. The fourth-order valence-corrected chi connectivity index (χ4v) is 5.83. The molecule has 1 aliphatic rings. The number of hydrogen-bond acceptors (Lipinski definition) is 4. The van der Waals surface area contributed by atoms with Crippen LogP contribution in [0.15, 0.2) is 65.7 Å². The predicted octanol–water partition coefficient (Wildman–Crippen LogP) is 8.73. The second-order valence-corrected chi connectivity index (χ2v) is 11.2. The van der Waals surface area contributed by atoms with E-state index in [1.54, 1.807) is 0 Å². The van der Waals surface area contributed by atoms with E-state index < -0.39 is 0 Å². The fraction of sp³-hybridized carbons (Fsp3) is 0.474. The van der Waals surface area contributed by atoms with E-state index in [0.717, 1.165) is 86.2 Å². The van der Waals surface area contributed by atoms with Crippen LogP contribution >= 0.6 is 0 Å². The number of carbonyl (C=O) groups excluding carboxylic acids is 1. The van der Waals surface area contributed by atoms with Gasteiger partial charge in [0.05, 0.1) is 0 Å². The molecule has 1 fully saturated rings. The van der Waals surface area contributed by atoms with Gasteiger partial charge in [-0.3, -0.25) is 9.79 Å². The second kappa shape index (κ2) is 17.0. The highest BCUT2D eigenvalue weighted by atomic mass is 16.5. The number of ether oxygens (including phenoxy) is 1. The largest absolute Gasteiger partial charge is 0.490 e. The van der Waals surface area contributed by atoms with E-state index in [0.29, 0.717) is 12.5 Å². The van der Waals surface area contributed by atoms with Crippen LogP contribution in [0.1, 0.15) is 98.5 Å². The average molecular weight is 571 g/mol. The minimum Gasteiger partial charge on any atom is -0.490 e. The van der Waals surface area contributed by atoms with Gasteiger partial charge < -0.3 is 9.64 Å². The molecule has 1 heterocycles. The first kappa shape index (κ1) is 33.3. The summed E-state index contributed by atoms with van der Waals surface area (Å²) in [4.78, 5) is 20.5. The van der Waals surface area contributed by atoms with Gasteiger partial charge in [0.25, 0.3) is 0 Å². The number of aryl methyl sites for hydroxylation is 4. The van der Waals surface area contributed by atoms with Gasteiger partial charge >= 0.3 is 0 Å². The van der Waals surface area contributed by atoms with Crippen LogP contribution in [0.3, 0.4) is 0 Å². The molecule has 0 N–H and O–H groups in total. The molecule has 228 valence electrons.